The van der Waals surface area contributed by atoms with Crippen molar-refractivity contribution in [1.29, 1.82) is 0 Å². The molecule has 2 nitrogen and oxygen atoms in total. The van der Waals surface area contributed by atoms with Crippen LogP contribution >= 0.6 is 0 Å². The van der Waals surface area contributed by atoms with Gasteiger partial charge in [-0.2, -0.15) is 0 Å². The van der Waals surface area contributed by atoms with E-state index in [1.807, 2.05) is 0 Å². The zero-order valence-electron chi connectivity index (χ0n) is 13.0. The summed E-state index contributed by atoms with van der Waals surface area (Å²) in [7, 11) is 0. The molecule has 0 aromatic carbocycles. The second-order valence-corrected chi connectivity index (χ2v) is 5.32. The highest BCUT2D eigenvalue weighted by atomic mass is 16.5. The van der Waals surface area contributed by atoms with Gasteiger partial charge in [-0.1, -0.05) is 71.8 Å². The summed E-state index contributed by atoms with van der Waals surface area (Å²) >= 11 is 0. The molecule has 0 aromatic heterocycles. The lowest BCUT2D eigenvalue weighted by molar-refractivity contribution is -0.139. The molecule has 0 aliphatic heterocycles. The maximum absolute atomic E-state index is 11.6. The van der Waals surface area contributed by atoms with E-state index in [9.17, 15) is 4.79 Å². The van der Waals surface area contributed by atoms with Crippen LogP contribution in [0, 0.1) is 0 Å². The molecule has 0 aliphatic carbocycles. The van der Waals surface area contributed by atoms with Crippen LogP contribution in [0.25, 0.3) is 0 Å². The lowest BCUT2D eigenvalue weighted by Crippen LogP contribution is -2.08. The SMILES string of the molecule is C=C(CCCCCC)C(=O)OCCCCCCCC. The third kappa shape index (κ3) is 12.0. The molecule has 0 aromatic rings. The van der Waals surface area contributed by atoms with Crippen LogP contribution in [0.5, 0.6) is 0 Å². The first kappa shape index (κ1) is 18.2. The number of carbonyl (C=O) groups is 1. The summed E-state index contributed by atoms with van der Waals surface area (Å²) in [4.78, 5) is 11.6. The van der Waals surface area contributed by atoms with Gasteiger partial charge in [0.15, 0.2) is 0 Å². The molecule has 0 fully saturated rings. The maximum atomic E-state index is 11.6. The topological polar surface area (TPSA) is 26.3 Å². The van der Waals surface area contributed by atoms with Crippen LogP contribution in [0.3, 0.4) is 0 Å². The number of ether oxygens (including phenoxy) is 1. The number of rotatable bonds is 13. The summed E-state index contributed by atoms with van der Waals surface area (Å²) in [5.74, 6) is -0.190. The molecule has 0 unspecified atom stereocenters. The molecule has 0 saturated heterocycles. The monoisotopic (exact) mass is 268 g/mol. The fraction of sp³-hybridized carbons (Fsp3) is 0.824. The molecule has 0 atom stereocenters. The van der Waals surface area contributed by atoms with E-state index >= 15 is 0 Å². The molecular formula is C17H32O2. The van der Waals surface area contributed by atoms with Gasteiger partial charge in [-0.15, -0.1) is 0 Å². The van der Waals surface area contributed by atoms with Gasteiger partial charge in [-0.3, -0.25) is 0 Å². The van der Waals surface area contributed by atoms with Gasteiger partial charge in [0.25, 0.3) is 0 Å². The fourth-order valence-corrected chi connectivity index (χ4v) is 2.02. The molecule has 0 amide bonds. The molecule has 19 heavy (non-hydrogen) atoms. The van der Waals surface area contributed by atoms with Crippen molar-refractivity contribution in [1.82, 2.24) is 0 Å². The molecule has 2 heteroatoms. The van der Waals surface area contributed by atoms with Gasteiger partial charge in [-0.05, 0) is 19.3 Å². The Labute approximate surface area is 119 Å². The van der Waals surface area contributed by atoms with Crippen LogP contribution in [-0.2, 0) is 9.53 Å². The fourth-order valence-electron chi connectivity index (χ4n) is 2.02. The molecule has 0 saturated carbocycles. The normalized spacial score (nSPS) is 10.4. The number of unbranched alkanes of at least 4 members (excludes halogenated alkanes) is 8. The summed E-state index contributed by atoms with van der Waals surface area (Å²) in [5, 5.41) is 0. The maximum Gasteiger partial charge on any atom is 0.333 e. The summed E-state index contributed by atoms with van der Waals surface area (Å²) < 4.78 is 5.23. The zero-order valence-corrected chi connectivity index (χ0v) is 13.0. The zero-order chi connectivity index (χ0) is 14.3. The molecule has 112 valence electrons. The van der Waals surface area contributed by atoms with Crippen molar-refractivity contribution in [3.63, 3.8) is 0 Å². The Kier molecular flexibility index (Phi) is 13.1. The first-order valence-electron chi connectivity index (χ1n) is 8.07. The third-order valence-corrected chi connectivity index (χ3v) is 3.35. The predicted molar refractivity (Wildman–Crippen MR) is 82.2 cm³/mol. The largest absolute Gasteiger partial charge is 0.462 e. The van der Waals surface area contributed by atoms with Crippen molar-refractivity contribution >= 4 is 5.97 Å². The van der Waals surface area contributed by atoms with Crippen LogP contribution < -0.4 is 0 Å². The van der Waals surface area contributed by atoms with Crippen molar-refractivity contribution in [3.8, 4) is 0 Å². The van der Waals surface area contributed by atoms with E-state index in [0.717, 1.165) is 25.7 Å². The van der Waals surface area contributed by atoms with Gasteiger partial charge in [-0.25, -0.2) is 4.79 Å². The van der Waals surface area contributed by atoms with Crippen LogP contribution in [0.4, 0.5) is 0 Å². The van der Waals surface area contributed by atoms with Crippen molar-refractivity contribution < 1.29 is 9.53 Å². The lowest BCUT2D eigenvalue weighted by Gasteiger charge is -2.07. The molecule has 0 heterocycles. The quantitative estimate of drug-likeness (QED) is 0.253. The minimum atomic E-state index is -0.190. The van der Waals surface area contributed by atoms with Crippen LogP contribution in [0.15, 0.2) is 12.2 Å². The minimum Gasteiger partial charge on any atom is -0.462 e. The van der Waals surface area contributed by atoms with E-state index in [2.05, 4.69) is 20.4 Å². The molecular weight excluding hydrogens is 236 g/mol. The van der Waals surface area contributed by atoms with Crippen molar-refractivity contribution in [2.75, 3.05) is 6.61 Å². The van der Waals surface area contributed by atoms with E-state index < -0.39 is 0 Å². The van der Waals surface area contributed by atoms with E-state index in [1.54, 1.807) is 0 Å². The van der Waals surface area contributed by atoms with E-state index in [4.69, 9.17) is 4.74 Å². The van der Waals surface area contributed by atoms with Crippen LogP contribution in [0.2, 0.25) is 0 Å². The number of carbonyl (C=O) groups excluding carboxylic acids is 1. The lowest BCUT2D eigenvalue weighted by atomic mass is 10.1. The smallest absolute Gasteiger partial charge is 0.333 e. The van der Waals surface area contributed by atoms with Crippen LogP contribution in [0.1, 0.15) is 84.5 Å². The summed E-state index contributed by atoms with van der Waals surface area (Å²) in [6, 6.07) is 0. The first-order chi connectivity index (χ1) is 9.22. The summed E-state index contributed by atoms with van der Waals surface area (Å²) in [6.07, 6.45) is 12.8. The Morgan fingerprint density at radius 2 is 1.37 bits per heavy atom. The average molecular weight is 268 g/mol. The minimum absolute atomic E-state index is 0.190. The molecule has 0 aliphatic rings. The molecule has 0 radical (unpaired) electrons. The standard InChI is InChI=1S/C17H32O2/c1-4-6-8-10-11-13-15-19-17(18)16(3)14-12-9-7-5-2/h3-15H2,1-2H3. The van der Waals surface area contributed by atoms with Crippen molar-refractivity contribution in [3.05, 3.63) is 12.2 Å². The van der Waals surface area contributed by atoms with Gasteiger partial charge in [0.05, 0.1) is 6.61 Å². The summed E-state index contributed by atoms with van der Waals surface area (Å²) in [5.41, 5.74) is 0.641. The van der Waals surface area contributed by atoms with E-state index in [1.165, 1.54) is 44.9 Å². The van der Waals surface area contributed by atoms with Crippen LogP contribution in [-0.4, -0.2) is 12.6 Å². The highest BCUT2D eigenvalue weighted by Crippen LogP contribution is 2.11. The second-order valence-electron chi connectivity index (χ2n) is 5.32. The molecule has 0 spiro atoms. The Morgan fingerprint density at radius 3 is 2.00 bits per heavy atom. The van der Waals surface area contributed by atoms with Gasteiger partial charge in [0.1, 0.15) is 0 Å². The summed E-state index contributed by atoms with van der Waals surface area (Å²) in [6.45, 7) is 8.77. The molecule has 0 rings (SSSR count). The van der Waals surface area contributed by atoms with Gasteiger partial charge in [0.2, 0.25) is 0 Å². The first-order valence-corrected chi connectivity index (χ1v) is 8.07. The predicted octanol–water partition coefficient (Wildman–Crippen LogP) is 5.42. The number of esters is 1. The van der Waals surface area contributed by atoms with Crippen molar-refractivity contribution in [2.24, 2.45) is 0 Å². The van der Waals surface area contributed by atoms with E-state index in [-0.39, 0.29) is 5.97 Å². The Balaban J connectivity index is 3.39. The Bertz CT molecular complexity index is 233. The van der Waals surface area contributed by atoms with Gasteiger partial charge < -0.3 is 4.74 Å². The van der Waals surface area contributed by atoms with E-state index in [0.29, 0.717) is 12.2 Å². The second kappa shape index (κ2) is 13.6. The molecule has 0 N–H and O–H groups in total. The molecule has 0 bridgehead atoms. The van der Waals surface area contributed by atoms with Gasteiger partial charge >= 0.3 is 5.97 Å². The van der Waals surface area contributed by atoms with Gasteiger partial charge in [0, 0.05) is 5.57 Å². The highest BCUT2D eigenvalue weighted by Gasteiger charge is 2.07. The number of hydrogen-bond acceptors (Lipinski definition) is 2. The Morgan fingerprint density at radius 1 is 0.842 bits per heavy atom. The number of hydrogen-bond donors (Lipinski definition) is 0. The highest BCUT2D eigenvalue weighted by molar-refractivity contribution is 5.87. The Hall–Kier alpha value is -0.790. The van der Waals surface area contributed by atoms with Crippen molar-refractivity contribution in [2.45, 2.75) is 84.5 Å². The third-order valence-electron chi connectivity index (χ3n) is 3.35. The average Bonchev–Trinajstić information content (AvgIpc) is 2.42.